The normalized spacial score (nSPS) is 26.0. The molecule has 0 amide bonds. The van der Waals surface area contributed by atoms with Gasteiger partial charge in [-0.3, -0.25) is 14.3 Å². The maximum Gasteiger partial charge on any atom is 0.319 e. The number of benzene rings is 2. The van der Waals surface area contributed by atoms with E-state index < -0.39 is 17.5 Å². The molecular weight excluding hydrogens is 588 g/mol. The molecule has 2 aromatic heterocycles. The second-order valence-corrected chi connectivity index (χ2v) is 12.9. The molecule has 4 fully saturated rings. The van der Waals surface area contributed by atoms with Crippen LogP contribution < -0.4 is 15.0 Å². The molecule has 4 aromatic rings. The summed E-state index contributed by atoms with van der Waals surface area (Å²) < 4.78 is 65.4. The fourth-order valence-corrected chi connectivity index (χ4v) is 8.22. The number of fused-ring (bicyclic) bond motifs is 6. The number of phenolic OH excluding ortho intramolecular Hbond substituents is 1. The molecule has 12 heteroatoms. The Hall–Kier alpha value is -3.77. The van der Waals surface area contributed by atoms with Gasteiger partial charge in [-0.05, 0) is 68.0 Å². The Labute approximate surface area is 257 Å². The number of hydrogen-bond acceptors (Lipinski definition) is 8. The van der Waals surface area contributed by atoms with Crippen molar-refractivity contribution in [1.29, 1.82) is 0 Å². The van der Waals surface area contributed by atoms with E-state index in [0.29, 0.717) is 55.8 Å². The van der Waals surface area contributed by atoms with E-state index in [1.807, 2.05) is 0 Å². The van der Waals surface area contributed by atoms with Gasteiger partial charge in [-0.25, -0.2) is 13.2 Å². The lowest BCUT2D eigenvalue weighted by atomic mass is 9.99. The zero-order valence-corrected chi connectivity index (χ0v) is 24.7. The van der Waals surface area contributed by atoms with E-state index >= 15 is 8.78 Å². The van der Waals surface area contributed by atoms with Gasteiger partial charge in [0.05, 0.1) is 12.1 Å². The van der Waals surface area contributed by atoms with Gasteiger partial charge >= 0.3 is 6.01 Å². The summed E-state index contributed by atoms with van der Waals surface area (Å²) in [6.45, 7) is 1.95. The number of aromatic nitrogens is 3. The predicted molar refractivity (Wildman–Crippen MR) is 162 cm³/mol. The highest BCUT2D eigenvalue weighted by atomic mass is 19.2. The standard InChI is InChI=1S/C33H34F4N6O2/c34-8-1-9-43-21-6-2-17(10-21)26(43)16-45-33-40-31-24(32(41-33)42-14-19-4-5-20(15-42)39-19)13-38-30(29(31)37)23-12-22(44)11-18-3-7-25(35)28(36)27(18)23/h3,7,11-13,17,19-21,26,39,44H,1-2,4-6,8-10,14-16H2. The molecule has 8 rings (SSSR count). The summed E-state index contributed by atoms with van der Waals surface area (Å²) >= 11 is 0. The summed E-state index contributed by atoms with van der Waals surface area (Å²) in [4.78, 5) is 18.1. The molecule has 4 aliphatic rings. The molecule has 0 radical (unpaired) electrons. The van der Waals surface area contributed by atoms with Crippen molar-refractivity contribution in [1.82, 2.24) is 25.2 Å². The van der Waals surface area contributed by atoms with Crippen LogP contribution in [0.15, 0.2) is 30.5 Å². The van der Waals surface area contributed by atoms with Gasteiger partial charge in [0.2, 0.25) is 0 Å². The van der Waals surface area contributed by atoms with E-state index in [0.717, 1.165) is 38.2 Å². The number of pyridine rings is 1. The fraction of sp³-hybridized carbons (Fsp3) is 0.485. The molecular formula is C33H34F4N6O2. The maximum absolute atomic E-state index is 16.6. The van der Waals surface area contributed by atoms with Crippen LogP contribution in [0.2, 0.25) is 0 Å². The minimum absolute atomic E-state index is 0.0191. The molecule has 3 saturated heterocycles. The Kier molecular flexibility index (Phi) is 7.16. The topological polar surface area (TPSA) is 86.6 Å². The maximum atomic E-state index is 16.6. The second kappa shape index (κ2) is 11.2. The molecule has 0 spiro atoms. The Bertz CT molecular complexity index is 1780. The quantitative estimate of drug-likeness (QED) is 0.249. The van der Waals surface area contributed by atoms with Crippen LogP contribution in [0, 0.1) is 23.4 Å². The molecule has 45 heavy (non-hydrogen) atoms. The summed E-state index contributed by atoms with van der Waals surface area (Å²) in [5.41, 5.74) is -0.412. The van der Waals surface area contributed by atoms with Crippen LogP contribution >= 0.6 is 0 Å². The number of nitrogens with zero attached hydrogens (tertiary/aromatic N) is 5. The van der Waals surface area contributed by atoms with Gasteiger partial charge in [0.15, 0.2) is 17.5 Å². The van der Waals surface area contributed by atoms with Crippen LogP contribution in [0.1, 0.15) is 38.5 Å². The van der Waals surface area contributed by atoms with Crippen molar-refractivity contribution in [2.75, 3.05) is 37.8 Å². The van der Waals surface area contributed by atoms with Crippen LogP contribution in [0.5, 0.6) is 11.8 Å². The Morgan fingerprint density at radius 2 is 1.82 bits per heavy atom. The monoisotopic (exact) mass is 622 g/mol. The van der Waals surface area contributed by atoms with Gasteiger partial charge in [0, 0.05) is 60.9 Å². The number of rotatable bonds is 8. The smallest absolute Gasteiger partial charge is 0.319 e. The van der Waals surface area contributed by atoms with Gasteiger partial charge in [0.25, 0.3) is 0 Å². The van der Waals surface area contributed by atoms with Crippen molar-refractivity contribution in [3.8, 4) is 23.0 Å². The van der Waals surface area contributed by atoms with E-state index in [-0.39, 0.29) is 64.1 Å². The third kappa shape index (κ3) is 4.93. The minimum Gasteiger partial charge on any atom is -0.508 e. The number of likely N-dealkylation sites (tertiary alicyclic amines) is 1. The number of phenols is 1. The fourth-order valence-electron chi connectivity index (χ4n) is 8.22. The highest BCUT2D eigenvalue weighted by Gasteiger charge is 2.45. The van der Waals surface area contributed by atoms with E-state index in [1.165, 1.54) is 24.4 Å². The average molecular weight is 623 g/mol. The van der Waals surface area contributed by atoms with Gasteiger partial charge in [0.1, 0.15) is 29.4 Å². The number of halogens is 4. The average Bonchev–Trinajstić information content (AvgIpc) is 3.74. The summed E-state index contributed by atoms with van der Waals surface area (Å²) in [5.74, 6) is -2.39. The molecule has 236 valence electrons. The first-order valence-corrected chi connectivity index (χ1v) is 15.8. The highest BCUT2D eigenvalue weighted by Crippen LogP contribution is 2.43. The zero-order valence-electron chi connectivity index (χ0n) is 24.7. The number of alkyl halides is 1. The van der Waals surface area contributed by atoms with Crippen molar-refractivity contribution in [2.45, 2.75) is 62.7 Å². The second-order valence-electron chi connectivity index (χ2n) is 12.9. The van der Waals surface area contributed by atoms with Crippen molar-refractivity contribution in [3.05, 3.63) is 47.9 Å². The molecule has 1 saturated carbocycles. The minimum atomic E-state index is -1.16. The molecule has 2 N–H and O–H groups in total. The molecule has 4 bridgehead atoms. The lowest BCUT2D eigenvalue weighted by molar-refractivity contribution is 0.0867. The van der Waals surface area contributed by atoms with E-state index in [9.17, 15) is 13.9 Å². The van der Waals surface area contributed by atoms with E-state index in [1.54, 1.807) is 0 Å². The predicted octanol–water partition coefficient (Wildman–Crippen LogP) is 5.50. The van der Waals surface area contributed by atoms with Crippen LogP contribution in [0.3, 0.4) is 0 Å². The van der Waals surface area contributed by atoms with E-state index in [2.05, 4.69) is 25.1 Å². The number of piperazine rings is 1. The van der Waals surface area contributed by atoms with Gasteiger partial charge in [-0.1, -0.05) is 6.07 Å². The van der Waals surface area contributed by atoms with Gasteiger partial charge < -0.3 is 20.1 Å². The molecule has 3 aliphatic heterocycles. The molecule has 1 aliphatic carbocycles. The third-order valence-electron chi connectivity index (χ3n) is 10.2. The van der Waals surface area contributed by atoms with Crippen molar-refractivity contribution >= 4 is 27.5 Å². The Balaban J connectivity index is 1.22. The summed E-state index contributed by atoms with van der Waals surface area (Å²) in [5, 5.41) is 14.4. The van der Waals surface area contributed by atoms with E-state index in [4.69, 9.17) is 9.72 Å². The zero-order chi connectivity index (χ0) is 30.8. The van der Waals surface area contributed by atoms with Crippen molar-refractivity contribution in [3.63, 3.8) is 0 Å². The first-order chi connectivity index (χ1) is 21.9. The number of piperidine rings is 1. The molecule has 5 heterocycles. The van der Waals surface area contributed by atoms with Crippen molar-refractivity contribution < 1.29 is 27.4 Å². The molecule has 5 unspecified atom stereocenters. The largest absolute Gasteiger partial charge is 0.508 e. The van der Waals surface area contributed by atoms with Gasteiger partial charge in [-0.15, -0.1) is 0 Å². The first-order valence-electron chi connectivity index (χ1n) is 15.8. The van der Waals surface area contributed by atoms with Crippen LogP contribution in [0.4, 0.5) is 23.4 Å². The number of anilines is 1. The van der Waals surface area contributed by atoms with Crippen molar-refractivity contribution in [2.24, 2.45) is 5.92 Å². The third-order valence-corrected chi connectivity index (χ3v) is 10.2. The summed E-state index contributed by atoms with van der Waals surface area (Å²) in [6, 6.07) is 5.86. The first kappa shape index (κ1) is 28.7. The number of aromatic hydroxyl groups is 1. The number of ether oxygens (including phenoxy) is 1. The van der Waals surface area contributed by atoms with Crippen LogP contribution in [0.25, 0.3) is 32.9 Å². The Morgan fingerprint density at radius 3 is 2.62 bits per heavy atom. The number of nitrogens with one attached hydrogen (secondary N) is 1. The van der Waals surface area contributed by atoms with Crippen LogP contribution in [-0.4, -0.2) is 82.0 Å². The lowest BCUT2D eigenvalue weighted by Crippen LogP contribution is -2.51. The molecule has 2 aromatic carbocycles. The highest BCUT2D eigenvalue weighted by molar-refractivity contribution is 6.00. The SMILES string of the molecule is Oc1cc(-c2ncc3c(N4CC5CCC(C4)N5)nc(OCC4C5CCC(C5)N4CCCF)nc3c2F)c2c(F)c(F)ccc2c1. The lowest BCUT2D eigenvalue weighted by Gasteiger charge is -2.35. The van der Waals surface area contributed by atoms with Crippen LogP contribution in [-0.2, 0) is 0 Å². The molecule has 5 atom stereocenters. The van der Waals surface area contributed by atoms with Gasteiger partial charge in [-0.2, -0.15) is 9.97 Å². The Morgan fingerprint density at radius 1 is 1.00 bits per heavy atom. The number of hydrogen-bond donors (Lipinski definition) is 2. The summed E-state index contributed by atoms with van der Waals surface area (Å²) in [6.07, 6.45) is 7.26. The summed E-state index contributed by atoms with van der Waals surface area (Å²) in [7, 11) is 0. The molecule has 8 nitrogen and oxygen atoms in total.